The number of allylic oxidation sites excluding steroid dienone is 8. The van der Waals surface area contributed by atoms with Gasteiger partial charge in [-0.3, -0.25) is 0 Å². The molecule has 48 heavy (non-hydrogen) atoms. The molecule has 3 aliphatic rings. The fourth-order valence-electron chi connectivity index (χ4n) is 9.11. The van der Waals surface area contributed by atoms with Crippen molar-refractivity contribution in [2.24, 2.45) is 10.8 Å². The molecule has 0 saturated carbocycles. The number of rotatable bonds is 8. The Hall–Kier alpha value is -2.89. The average molecular weight is 711 g/mol. The van der Waals surface area contributed by atoms with E-state index >= 15 is 0 Å². The summed E-state index contributed by atoms with van der Waals surface area (Å²) in [5.41, 5.74) is 15.6. The van der Waals surface area contributed by atoms with E-state index in [1.165, 1.54) is 22.3 Å². The number of aryl methyl sites for hydroxylation is 1. The summed E-state index contributed by atoms with van der Waals surface area (Å²) in [5.74, 6) is 0. The van der Waals surface area contributed by atoms with E-state index in [1.54, 1.807) is 50.4 Å². The third-order valence-corrected chi connectivity index (χ3v) is 15.3. The summed E-state index contributed by atoms with van der Waals surface area (Å²) in [7, 11) is 0. The van der Waals surface area contributed by atoms with Gasteiger partial charge in [-0.05, 0) is 0 Å². The molecule has 0 N–H and O–H groups in total. The number of hydrogen-bond acceptors (Lipinski definition) is 0. The fraction of sp³-hybridized carbons (Fsp3) is 0.383. The molecule has 1 heteroatoms. The van der Waals surface area contributed by atoms with Crippen molar-refractivity contribution < 1.29 is 22.8 Å². The van der Waals surface area contributed by atoms with Gasteiger partial charge in [-0.25, -0.2) is 0 Å². The SMILES string of the molecule is CCC1=C(CC)C(CC)(C(C)(C)C)C(C2=CC=CC2)=C2[C]([Zr]=[C](c3ccccc3)c3ccccc3)=c3cc(C(C)(C)C)cc(CC)c3=C12. The van der Waals surface area contributed by atoms with Crippen LogP contribution in [0.3, 0.4) is 0 Å². The van der Waals surface area contributed by atoms with Crippen LogP contribution in [0.25, 0.3) is 8.85 Å². The predicted molar refractivity (Wildman–Crippen MR) is 205 cm³/mol. The second kappa shape index (κ2) is 13.4. The molecule has 6 rings (SSSR count). The van der Waals surface area contributed by atoms with Crippen LogP contribution >= 0.6 is 0 Å². The van der Waals surface area contributed by atoms with Gasteiger partial charge in [0.05, 0.1) is 0 Å². The molecule has 247 valence electrons. The maximum absolute atomic E-state index is 2.64. The van der Waals surface area contributed by atoms with Crippen molar-refractivity contribution in [1.29, 1.82) is 0 Å². The predicted octanol–water partition coefficient (Wildman–Crippen LogP) is 10.9. The van der Waals surface area contributed by atoms with Crippen LogP contribution in [0.4, 0.5) is 0 Å². The summed E-state index contributed by atoms with van der Waals surface area (Å²) in [6.07, 6.45) is 12.5. The molecule has 1 atom stereocenters. The van der Waals surface area contributed by atoms with Crippen LogP contribution in [-0.4, -0.2) is 3.21 Å². The second-order valence-electron chi connectivity index (χ2n) is 15.9. The average Bonchev–Trinajstić information content (AvgIpc) is 3.72. The van der Waals surface area contributed by atoms with Crippen molar-refractivity contribution in [2.75, 3.05) is 0 Å². The molecule has 0 aromatic heterocycles. The van der Waals surface area contributed by atoms with Gasteiger partial charge in [0.25, 0.3) is 0 Å². The van der Waals surface area contributed by atoms with Gasteiger partial charge in [-0.1, -0.05) is 0 Å². The number of hydrogen-bond donors (Lipinski definition) is 0. The van der Waals surface area contributed by atoms with Gasteiger partial charge in [0.15, 0.2) is 0 Å². The monoisotopic (exact) mass is 709 g/mol. The van der Waals surface area contributed by atoms with Crippen molar-refractivity contribution in [2.45, 2.75) is 107 Å². The Labute approximate surface area is 302 Å². The Morgan fingerprint density at radius 3 is 1.83 bits per heavy atom. The van der Waals surface area contributed by atoms with Crippen LogP contribution in [-0.2, 0) is 34.6 Å². The van der Waals surface area contributed by atoms with Crippen LogP contribution < -0.4 is 10.4 Å². The van der Waals surface area contributed by atoms with E-state index in [1.807, 2.05) is 0 Å². The molecule has 0 fully saturated rings. The Kier molecular flexibility index (Phi) is 9.79. The van der Waals surface area contributed by atoms with E-state index < -0.39 is 22.8 Å². The molecule has 0 saturated heterocycles. The van der Waals surface area contributed by atoms with Gasteiger partial charge in [0.1, 0.15) is 0 Å². The van der Waals surface area contributed by atoms with Crippen molar-refractivity contribution in [3.8, 4) is 0 Å². The summed E-state index contributed by atoms with van der Waals surface area (Å²) in [5, 5.41) is 3.11. The van der Waals surface area contributed by atoms with Crippen molar-refractivity contribution in [3.05, 3.63) is 152 Å². The Morgan fingerprint density at radius 2 is 1.38 bits per heavy atom. The molecule has 0 spiro atoms. The van der Waals surface area contributed by atoms with Gasteiger partial charge < -0.3 is 0 Å². The molecule has 0 heterocycles. The first-order valence-corrected chi connectivity index (χ1v) is 20.9. The Morgan fingerprint density at radius 1 is 0.750 bits per heavy atom. The van der Waals surface area contributed by atoms with E-state index in [2.05, 4.69) is 160 Å². The summed E-state index contributed by atoms with van der Waals surface area (Å²) < 4.78 is 3.27. The normalized spacial score (nSPS) is 19.1. The summed E-state index contributed by atoms with van der Waals surface area (Å²) >= 11 is -1.40. The third-order valence-electron chi connectivity index (χ3n) is 11.3. The van der Waals surface area contributed by atoms with E-state index in [0.717, 1.165) is 32.1 Å². The zero-order valence-electron chi connectivity index (χ0n) is 31.2. The van der Waals surface area contributed by atoms with Crippen LogP contribution in [0.15, 0.2) is 119 Å². The molecule has 0 aliphatic heterocycles. The maximum atomic E-state index is 2.64. The molecule has 0 amide bonds. The number of benzene rings is 3. The Bertz CT molecular complexity index is 1970. The van der Waals surface area contributed by atoms with Crippen LogP contribution in [0.1, 0.15) is 117 Å². The molecular formula is C47H55Zr. The first-order valence-electron chi connectivity index (χ1n) is 18.4. The first-order chi connectivity index (χ1) is 22.9. The van der Waals surface area contributed by atoms with Crippen LogP contribution in [0.5, 0.6) is 0 Å². The fourth-order valence-corrected chi connectivity index (χ4v) is 13.0. The van der Waals surface area contributed by atoms with Gasteiger partial charge in [0, 0.05) is 0 Å². The minimum atomic E-state index is -1.40. The quantitative estimate of drug-likeness (QED) is 0.218. The summed E-state index contributed by atoms with van der Waals surface area (Å²) in [6, 6.07) is 27.8. The van der Waals surface area contributed by atoms with E-state index in [4.69, 9.17) is 0 Å². The second-order valence-corrected chi connectivity index (χ2v) is 19.0. The molecule has 3 aromatic carbocycles. The molecule has 3 aliphatic carbocycles. The molecule has 0 radical (unpaired) electrons. The minimum absolute atomic E-state index is 0.0324. The van der Waals surface area contributed by atoms with Gasteiger partial charge in [0.2, 0.25) is 0 Å². The standard InChI is InChI=1S/C34H45.C13H10.Zr/c1-11-22-19-25(32(5,6)7)20-24-21-27-30(29(22)24)26(12-2)28(13-3)34(14-4,33(8,9)10)31(27)23-17-15-16-18-23;1-3-7-12(8-4-1)11-13-9-5-2-6-10-13;/h15-17,19-20H,11-14,18H2,1-10H3;1-10H;. The number of fused-ring (bicyclic) bond motifs is 2. The van der Waals surface area contributed by atoms with Gasteiger partial charge in [-0.2, -0.15) is 0 Å². The third kappa shape index (κ3) is 5.67. The zero-order chi connectivity index (χ0) is 34.4. The van der Waals surface area contributed by atoms with Crippen molar-refractivity contribution in [3.63, 3.8) is 0 Å². The first kappa shape index (κ1) is 35.0. The van der Waals surface area contributed by atoms with Crippen molar-refractivity contribution in [1.82, 2.24) is 0 Å². The van der Waals surface area contributed by atoms with E-state index in [0.29, 0.717) is 0 Å². The van der Waals surface area contributed by atoms with E-state index in [-0.39, 0.29) is 16.2 Å². The molecule has 0 bridgehead atoms. The van der Waals surface area contributed by atoms with Crippen LogP contribution in [0, 0.1) is 10.8 Å². The van der Waals surface area contributed by atoms with Crippen molar-refractivity contribution >= 4 is 12.1 Å². The zero-order valence-corrected chi connectivity index (χ0v) is 33.7. The molecule has 3 aromatic rings. The van der Waals surface area contributed by atoms with Gasteiger partial charge >= 0.3 is 304 Å². The van der Waals surface area contributed by atoms with Gasteiger partial charge in [-0.15, -0.1) is 0 Å². The molecular weight excluding hydrogens is 656 g/mol. The summed E-state index contributed by atoms with van der Waals surface area (Å²) in [4.78, 5) is 0. The van der Waals surface area contributed by atoms with Crippen LogP contribution in [0.2, 0.25) is 0 Å². The summed E-state index contributed by atoms with van der Waals surface area (Å²) in [6.45, 7) is 24.5. The molecule has 1 unspecified atom stereocenters. The topological polar surface area (TPSA) is 0 Å². The van der Waals surface area contributed by atoms with E-state index in [9.17, 15) is 0 Å². The molecule has 0 nitrogen and oxygen atoms in total. The Balaban J connectivity index is 1.93.